The van der Waals surface area contributed by atoms with Gasteiger partial charge >= 0.3 is 5.63 Å². The fourth-order valence-corrected chi connectivity index (χ4v) is 4.44. The first-order valence-electron chi connectivity index (χ1n) is 10.2. The van der Waals surface area contributed by atoms with Gasteiger partial charge in [0.05, 0.1) is 17.5 Å². The van der Waals surface area contributed by atoms with Crippen LogP contribution in [0.15, 0.2) is 21.3 Å². The highest BCUT2D eigenvalue weighted by atomic mass is 16.5. The zero-order valence-corrected chi connectivity index (χ0v) is 17.2. The Morgan fingerprint density at radius 1 is 1.17 bits per heavy atom. The molecule has 3 heterocycles. The Balaban J connectivity index is 1.50. The number of aryl methyl sites for hydroxylation is 2. The Kier molecular flexibility index (Phi) is 5.36. The van der Waals surface area contributed by atoms with Crippen molar-refractivity contribution in [3.63, 3.8) is 0 Å². The van der Waals surface area contributed by atoms with Crippen LogP contribution in [0.2, 0.25) is 0 Å². The monoisotopic (exact) mass is 400 g/mol. The summed E-state index contributed by atoms with van der Waals surface area (Å²) in [6, 6.07) is 3.67. The quantitative estimate of drug-likeness (QED) is 0.788. The molecule has 2 atom stereocenters. The zero-order chi connectivity index (χ0) is 20.7. The molecule has 2 aliphatic heterocycles. The Morgan fingerprint density at radius 2 is 1.90 bits per heavy atom. The van der Waals surface area contributed by atoms with E-state index in [0.717, 1.165) is 42.4 Å². The smallest absolute Gasteiger partial charge is 0.339 e. The molecule has 0 spiro atoms. The van der Waals surface area contributed by atoms with Crippen LogP contribution in [-0.2, 0) is 4.79 Å². The maximum absolute atomic E-state index is 12.7. The van der Waals surface area contributed by atoms with Gasteiger partial charge in [-0.2, -0.15) is 0 Å². The molecule has 7 heteroatoms. The zero-order valence-electron chi connectivity index (χ0n) is 17.2. The molecule has 156 valence electrons. The molecule has 1 amide bonds. The van der Waals surface area contributed by atoms with E-state index in [-0.39, 0.29) is 24.2 Å². The number of hydrogen-bond acceptors (Lipinski definition) is 6. The summed E-state index contributed by atoms with van der Waals surface area (Å²) in [7, 11) is 0. The molecule has 2 saturated heterocycles. The van der Waals surface area contributed by atoms with Crippen molar-refractivity contribution in [1.29, 1.82) is 0 Å². The number of aliphatic hydroxyl groups is 1. The Morgan fingerprint density at radius 3 is 2.62 bits per heavy atom. The molecule has 7 nitrogen and oxygen atoms in total. The molecule has 1 N–H and O–H groups in total. The lowest BCUT2D eigenvalue weighted by Crippen LogP contribution is -2.41. The lowest BCUT2D eigenvalue weighted by Gasteiger charge is -2.25. The number of aliphatic hydroxyl groups excluding tert-OH is 1. The summed E-state index contributed by atoms with van der Waals surface area (Å²) in [4.78, 5) is 28.7. The second-order valence-electron chi connectivity index (χ2n) is 8.24. The highest BCUT2D eigenvalue weighted by Crippen LogP contribution is 2.31. The lowest BCUT2D eigenvalue weighted by atomic mass is 10.0. The molecule has 29 heavy (non-hydrogen) atoms. The molecular weight excluding hydrogens is 372 g/mol. The maximum Gasteiger partial charge on any atom is 0.339 e. The van der Waals surface area contributed by atoms with Crippen molar-refractivity contribution in [2.45, 2.75) is 45.8 Å². The van der Waals surface area contributed by atoms with Crippen LogP contribution in [0, 0.1) is 20.8 Å². The molecule has 1 aromatic carbocycles. The molecule has 0 unspecified atom stereocenters. The van der Waals surface area contributed by atoms with Crippen molar-refractivity contribution < 1.29 is 19.1 Å². The van der Waals surface area contributed by atoms with Crippen molar-refractivity contribution in [2.24, 2.45) is 0 Å². The molecule has 0 radical (unpaired) electrons. The number of β-amino-alcohol motifs (C(OH)–C–C–N with tert-alkyl or cyclic N) is 1. The fraction of sp³-hybridized carbons (Fsp3) is 0.545. The summed E-state index contributed by atoms with van der Waals surface area (Å²) in [5, 5.41) is 11.1. The van der Waals surface area contributed by atoms with Crippen molar-refractivity contribution in [1.82, 2.24) is 9.80 Å². The molecule has 4 rings (SSSR count). The predicted octanol–water partition coefficient (Wildman–Crippen LogP) is 1.76. The van der Waals surface area contributed by atoms with Gasteiger partial charge in [-0.25, -0.2) is 4.79 Å². The topological polar surface area (TPSA) is 83.2 Å². The Bertz CT molecular complexity index is 993. The molecule has 2 fully saturated rings. The first-order chi connectivity index (χ1) is 13.8. The van der Waals surface area contributed by atoms with Crippen molar-refractivity contribution in [3.8, 4) is 5.75 Å². The van der Waals surface area contributed by atoms with Crippen LogP contribution < -0.4 is 10.4 Å². The van der Waals surface area contributed by atoms with E-state index in [1.807, 2.05) is 19.9 Å². The number of ether oxygens (including phenoxy) is 1. The molecule has 0 saturated carbocycles. The Labute approximate surface area is 169 Å². The minimum absolute atomic E-state index is 0.0143. The normalized spacial score (nSPS) is 22.6. The summed E-state index contributed by atoms with van der Waals surface area (Å²) >= 11 is 0. The van der Waals surface area contributed by atoms with E-state index >= 15 is 0 Å². The number of carbonyl (C=O) groups excluding carboxylic acids is 1. The average Bonchev–Trinajstić information content (AvgIpc) is 3.33. The summed E-state index contributed by atoms with van der Waals surface area (Å²) in [6.07, 6.45) is 1.78. The fourth-order valence-electron chi connectivity index (χ4n) is 4.44. The van der Waals surface area contributed by atoms with Crippen LogP contribution in [0.1, 0.15) is 29.5 Å². The van der Waals surface area contributed by atoms with Gasteiger partial charge in [0, 0.05) is 18.7 Å². The number of nitrogens with zero attached hydrogens (tertiary/aromatic N) is 2. The third-order valence-electron chi connectivity index (χ3n) is 6.23. The van der Waals surface area contributed by atoms with Crippen LogP contribution in [0.5, 0.6) is 5.75 Å². The minimum atomic E-state index is -0.518. The molecule has 0 aliphatic carbocycles. The molecule has 2 aromatic rings. The van der Waals surface area contributed by atoms with E-state index < -0.39 is 6.10 Å². The van der Waals surface area contributed by atoms with Crippen LogP contribution in [-0.4, -0.2) is 65.7 Å². The Hall–Kier alpha value is -2.38. The van der Waals surface area contributed by atoms with E-state index in [9.17, 15) is 14.7 Å². The largest absolute Gasteiger partial charge is 0.483 e. The van der Waals surface area contributed by atoms with Crippen LogP contribution in [0.25, 0.3) is 11.0 Å². The third-order valence-corrected chi connectivity index (χ3v) is 6.23. The summed E-state index contributed by atoms with van der Waals surface area (Å²) in [5.74, 6) is 0.390. The first-order valence-corrected chi connectivity index (χ1v) is 10.2. The second-order valence-corrected chi connectivity index (χ2v) is 8.24. The number of benzene rings is 1. The SMILES string of the molecule is Cc1cc(OCC(=O)N2C[C@H](O)[C@@H](N3CCCC3)C2)c2c(C)c(C)c(=O)oc2c1. The van der Waals surface area contributed by atoms with Crippen LogP contribution in [0.3, 0.4) is 0 Å². The van der Waals surface area contributed by atoms with Crippen molar-refractivity contribution in [3.05, 3.63) is 39.2 Å². The van der Waals surface area contributed by atoms with E-state index in [2.05, 4.69) is 4.90 Å². The first kappa shape index (κ1) is 19.9. The van der Waals surface area contributed by atoms with E-state index in [4.69, 9.17) is 9.15 Å². The maximum atomic E-state index is 12.7. The highest BCUT2D eigenvalue weighted by Gasteiger charge is 2.38. The lowest BCUT2D eigenvalue weighted by molar-refractivity contribution is -0.132. The summed E-state index contributed by atoms with van der Waals surface area (Å²) in [6.45, 7) is 8.20. The van der Waals surface area contributed by atoms with Gasteiger partial charge in [0.2, 0.25) is 0 Å². The van der Waals surface area contributed by atoms with Gasteiger partial charge in [0.15, 0.2) is 6.61 Å². The highest BCUT2D eigenvalue weighted by molar-refractivity contribution is 5.88. The van der Waals surface area contributed by atoms with Gasteiger partial charge < -0.3 is 19.2 Å². The van der Waals surface area contributed by atoms with Gasteiger partial charge in [-0.3, -0.25) is 9.69 Å². The van der Waals surface area contributed by atoms with Gasteiger partial charge in [-0.05, 0) is 70.0 Å². The summed E-state index contributed by atoms with van der Waals surface area (Å²) < 4.78 is 11.3. The van der Waals surface area contributed by atoms with Gasteiger partial charge in [-0.1, -0.05) is 0 Å². The standard InChI is InChI=1S/C22H28N2O5/c1-13-8-18(21-14(2)15(3)22(27)29-19(21)9-13)28-12-20(26)24-10-16(17(25)11-24)23-6-4-5-7-23/h8-9,16-17,25H,4-7,10-12H2,1-3H3/t16-,17-/m0/s1. The number of fused-ring (bicyclic) bond motifs is 1. The van der Waals surface area contributed by atoms with E-state index in [0.29, 0.717) is 30.0 Å². The number of hydrogen-bond donors (Lipinski definition) is 1. The molecule has 2 aliphatic rings. The van der Waals surface area contributed by atoms with E-state index in [1.54, 1.807) is 17.9 Å². The van der Waals surface area contributed by atoms with Gasteiger partial charge in [0.1, 0.15) is 11.3 Å². The van der Waals surface area contributed by atoms with Crippen LogP contribution in [0.4, 0.5) is 0 Å². The minimum Gasteiger partial charge on any atom is -0.483 e. The number of rotatable bonds is 4. The predicted molar refractivity (Wildman–Crippen MR) is 109 cm³/mol. The van der Waals surface area contributed by atoms with Gasteiger partial charge in [-0.15, -0.1) is 0 Å². The molecular formula is C22H28N2O5. The molecule has 1 aromatic heterocycles. The number of amides is 1. The second kappa shape index (κ2) is 7.80. The third kappa shape index (κ3) is 3.76. The van der Waals surface area contributed by atoms with Crippen molar-refractivity contribution >= 4 is 16.9 Å². The average molecular weight is 400 g/mol. The van der Waals surface area contributed by atoms with Gasteiger partial charge in [0.25, 0.3) is 5.91 Å². The number of carbonyl (C=O) groups is 1. The summed E-state index contributed by atoms with van der Waals surface area (Å²) in [5.41, 5.74) is 2.32. The van der Waals surface area contributed by atoms with Crippen LogP contribution >= 0.6 is 0 Å². The van der Waals surface area contributed by atoms with Crippen molar-refractivity contribution in [2.75, 3.05) is 32.8 Å². The number of likely N-dealkylation sites (tertiary alicyclic amines) is 2. The molecule has 0 bridgehead atoms. The van der Waals surface area contributed by atoms with E-state index in [1.165, 1.54) is 0 Å².